The largest absolute Gasteiger partial charge is 0.396 e. The van der Waals surface area contributed by atoms with Gasteiger partial charge < -0.3 is 20.7 Å². The SMILES string of the molecule is N#Cc1cnc(NCCC(=O)N2CCOCC2)c(N)c1. The number of hydrogen-bond acceptors (Lipinski definition) is 6. The van der Waals surface area contributed by atoms with Crippen LogP contribution in [0.1, 0.15) is 12.0 Å². The van der Waals surface area contributed by atoms with E-state index in [0.717, 1.165) is 0 Å². The zero-order valence-corrected chi connectivity index (χ0v) is 11.1. The maximum Gasteiger partial charge on any atom is 0.224 e. The fraction of sp³-hybridized carbons (Fsp3) is 0.462. The number of nitrogens with two attached hydrogens (primary N) is 1. The summed E-state index contributed by atoms with van der Waals surface area (Å²) in [6, 6.07) is 3.52. The van der Waals surface area contributed by atoms with Gasteiger partial charge in [0.15, 0.2) is 0 Å². The number of carbonyl (C=O) groups is 1. The predicted molar refractivity (Wildman–Crippen MR) is 73.9 cm³/mol. The number of carbonyl (C=O) groups excluding carboxylic acids is 1. The van der Waals surface area contributed by atoms with Gasteiger partial charge in [0.1, 0.15) is 11.9 Å². The third-order valence-electron chi connectivity index (χ3n) is 3.04. The monoisotopic (exact) mass is 275 g/mol. The standard InChI is InChI=1S/C13H17N5O2/c14-8-10-7-11(15)13(17-9-10)16-2-1-12(19)18-3-5-20-6-4-18/h7,9H,1-6,15H2,(H,16,17). The number of nitrogens with one attached hydrogen (secondary N) is 1. The molecule has 1 amide bonds. The van der Waals surface area contributed by atoms with Crippen LogP contribution in [0.4, 0.5) is 11.5 Å². The van der Waals surface area contributed by atoms with E-state index in [1.54, 1.807) is 11.0 Å². The normalized spacial score (nSPS) is 14.7. The van der Waals surface area contributed by atoms with Gasteiger partial charge in [0.05, 0.1) is 24.5 Å². The van der Waals surface area contributed by atoms with Gasteiger partial charge in [-0.3, -0.25) is 4.79 Å². The lowest BCUT2D eigenvalue weighted by atomic mass is 10.2. The molecule has 3 N–H and O–H groups in total. The van der Waals surface area contributed by atoms with Gasteiger partial charge in [0.2, 0.25) is 5.91 Å². The van der Waals surface area contributed by atoms with Crippen molar-refractivity contribution in [3.05, 3.63) is 17.8 Å². The van der Waals surface area contributed by atoms with Crippen LogP contribution in [0, 0.1) is 11.3 Å². The minimum absolute atomic E-state index is 0.0908. The highest BCUT2D eigenvalue weighted by Crippen LogP contribution is 2.15. The molecule has 0 aromatic carbocycles. The van der Waals surface area contributed by atoms with Gasteiger partial charge in [-0.25, -0.2) is 4.98 Å². The number of morpholine rings is 1. The Kier molecular flexibility index (Phi) is 4.74. The third-order valence-corrected chi connectivity index (χ3v) is 3.04. The summed E-state index contributed by atoms with van der Waals surface area (Å²) in [6.07, 6.45) is 1.82. The molecule has 0 radical (unpaired) electrons. The van der Waals surface area contributed by atoms with Crippen molar-refractivity contribution in [1.82, 2.24) is 9.88 Å². The second kappa shape index (κ2) is 6.73. The van der Waals surface area contributed by atoms with E-state index in [2.05, 4.69) is 10.3 Å². The lowest BCUT2D eigenvalue weighted by Crippen LogP contribution is -2.41. The van der Waals surface area contributed by atoms with Crippen LogP contribution in [-0.2, 0) is 9.53 Å². The fourth-order valence-electron chi connectivity index (χ4n) is 1.95. The van der Waals surface area contributed by atoms with Gasteiger partial charge in [-0.2, -0.15) is 5.26 Å². The Hall–Kier alpha value is -2.33. The molecule has 106 valence electrons. The van der Waals surface area contributed by atoms with Crippen molar-refractivity contribution in [2.24, 2.45) is 0 Å². The molecule has 0 bridgehead atoms. The molecule has 1 aromatic rings. The maximum absolute atomic E-state index is 11.9. The van der Waals surface area contributed by atoms with E-state index in [0.29, 0.717) is 56.3 Å². The van der Waals surface area contributed by atoms with Crippen LogP contribution in [0.25, 0.3) is 0 Å². The minimum atomic E-state index is 0.0908. The summed E-state index contributed by atoms with van der Waals surface area (Å²) >= 11 is 0. The van der Waals surface area contributed by atoms with Crippen LogP contribution in [0.15, 0.2) is 12.3 Å². The molecule has 2 heterocycles. The first-order valence-corrected chi connectivity index (χ1v) is 6.45. The molecular weight excluding hydrogens is 258 g/mol. The quantitative estimate of drug-likeness (QED) is 0.813. The van der Waals surface area contributed by atoms with Crippen molar-refractivity contribution in [3.8, 4) is 6.07 Å². The average molecular weight is 275 g/mol. The predicted octanol–water partition coefficient (Wildman–Crippen LogP) is 0.196. The van der Waals surface area contributed by atoms with E-state index in [1.807, 2.05) is 6.07 Å². The highest BCUT2D eigenvalue weighted by atomic mass is 16.5. The number of nitrogen functional groups attached to an aromatic ring is 1. The summed E-state index contributed by atoms with van der Waals surface area (Å²) in [5, 5.41) is 11.7. The van der Waals surface area contributed by atoms with Crippen molar-refractivity contribution in [1.29, 1.82) is 5.26 Å². The van der Waals surface area contributed by atoms with Crippen molar-refractivity contribution in [2.75, 3.05) is 43.9 Å². The molecule has 1 aromatic heterocycles. The van der Waals surface area contributed by atoms with Crippen LogP contribution in [-0.4, -0.2) is 48.6 Å². The Morgan fingerprint density at radius 3 is 2.95 bits per heavy atom. The number of nitriles is 1. The van der Waals surface area contributed by atoms with E-state index >= 15 is 0 Å². The molecular formula is C13H17N5O2. The zero-order chi connectivity index (χ0) is 14.4. The first-order valence-electron chi connectivity index (χ1n) is 6.45. The van der Waals surface area contributed by atoms with Crippen molar-refractivity contribution in [3.63, 3.8) is 0 Å². The van der Waals surface area contributed by atoms with Gasteiger partial charge in [-0.05, 0) is 6.07 Å². The number of pyridine rings is 1. The summed E-state index contributed by atoms with van der Waals surface area (Å²) < 4.78 is 5.20. The Morgan fingerprint density at radius 2 is 2.30 bits per heavy atom. The van der Waals surface area contributed by atoms with Crippen LogP contribution in [0.2, 0.25) is 0 Å². The number of amides is 1. The molecule has 1 aliphatic heterocycles. The molecule has 7 heteroatoms. The highest BCUT2D eigenvalue weighted by molar-refractivity contribution is 5.77. The van der Waals surface area contributed by atoms with E-state index in [4.69, 9.17) is 15.7 Å². The van der Waals surface area contributed by atoms with Crippen LogP contribution in [0.3, 0.4) is 0 Å². The van der Waals surface area contributed by atoms with E-state index < -0.39 is 0 Å². The molecule has 1 fully saturated rings. The first-order chi connectivity index (χ1) is 9.70. The lowest BCUT2D eigenvalue weighted by Gasteiger charge is -2.26. The average Bonchev–Trinajstić information content (AvgIpc) is 2.49. The second-order valence-corrected chi connectivity index (χ2v) is 4.44. The van der Waals surface area contributed by atoms with Crippen LogP contribution < -0.4 is 11.1 Å². The molecule has 0 spiro atoms. The smallest absolute Gasteiger partial charge is 0.224 e. The minimum Gasteiger partial charge on any atom is -0.396 e. The van der Waals surface area contributed by atoms with Gasteiger partial charge >= 0.3 is 0 Å². The maximum atomic E-state index is 11.9. The number of hydrogen-bond donors (Lipinski definition) is 2. The van der Waals surface area contributed by atoms with Crippen LogP contribution >= 0.6 is 0 Å². The summed E-state index contributed by atoms with van der Waals surface area (Å²) in [6.45, 7) is 2.96. The number of nitrogens with zero attached hydrogens (tertiary/aromatic N) is 3. The molecule has 7 nitrogen and oxygen atoms in total. The van der Waals surface area contributed by atoms with Crippen molar-refractivity contribution >= 4 is 17.4 Å². The lowest BCUT2D eigenvalue weighted by molar-refractivity contribution is -0.134. The molecule has 2 rings (SSSR count). The molecule has 0 unspecified atom stereocenters. The summed E-state index contributed by atoms with van der Waals surface area (Å²) in [4.78, 5) is 17.8. The molecule has 0 atom stereocenters. The molecule has 1 saturated heterocycles. The second-order valence-electron chi connectivity index (χ2n) is 4.44. The number of anilines is 2. The Labute approximate surface area is 117 Å². The van der Waals surface area contributed by atoms with Crippen molar-refractivity contribution in [2.45, 2.75) is 6.42 Å². The van der Waals surface area contributed by atoms with Gasteiger partial charge in [-0.15, -0.1) is 0 Å². The first kappa shape index (κ1) is 14.1. The summed E-state index contributed by atoms with van der Waals surface area (Å²) in [7, 11) is 0. The van der Waals surface area contributed by atoms with E-state index in [9.17, 15) is 4.79 Å². The number of aromatic nitrogens is 1. The fourth-order valence-corrected chi connectivity index (χ4v) is 1.95. The highest BCUT2D eigenvalue weighted by Gasteiger charge is 2.16. The Balaban J connectivity index is 1.80. The third kappa shape index (κ3) is 3.59. The van der Waals surface area contributed by atoms with Gasteiger partial charge in [0, 0.05) is 32.3 Å². The van der Waals surface area contributed by atoms with Gasteiger partial charge in [-0.1, -0.05) is 0 Å². The van der Waals surface area contributed by atoms with Crippen molar-refractivity contribution < 1.29 is 9.53 Å². The van der Waals surface area contributed by atoms with E-state index in [1.165, 1.54) is 6.20 Å². The molecule has 1 aliphatic rings. The topological polar surface area (TPSA) is 104 Å². The van der Waals surface area contributed by atoms with Gasteiger partial charge in [0.25, 0.3) is 0 Å². The summed E-state index contributed by atoms with van der Waals surface area (Å²) in [5.74, 6) is 0.590. The number of rotatable bonds is 4. The summed E-state index contributed by atoms with van der Waals surface area (Å²) in [5.41, 5.74) is 6.59. The Bertz CT molecular complexity index is 520. The molecule has 0 aliphatic carbocycles. The Morgan fingerprint density at radius 1 is 1.55 bits per heavy atom. The van der Waals surface area contributed by atoms with E-state index in [-0.39, 0.29) is 5.91 Å². The molecule has 20 heavy (non-hydrogen) atoms. The number of ether oxygens (including phenoxy) is 1. The molecule has 0 saturated carbocycles. The zero-order valence-electron chi connectivity index (χ0n) is 11.1. The van der Waals surface area contributed by atoms with Crippen LogP contribution in [0.5, 0.6) is 0 Å².